The minimum absolute atomic E-state index is 0.0125. The molecular weight excluding hydrogens is 346 g/mol. The zero-order valence-corrected chi connectivity index (χ0v) is 16.6. The van der Waals surface area contributed by atoms with Crippen LogP contribution in [0.3, 0.4) is 0 Å². The Kier molecular flexibility index (Phi) is 6.27. The maximum absolute atomic E-state index is 12.1. The van der Waals surface area contributed by atoms with Gasteiger partial charge in [0.2, 0.25) is 0 Å². The van der Waals surface area contributed by atoms with E-state index < -0.39 is 0 Å². The number of benzene rings is 1. The molecule has 5 nitrogen and oxygen atoms in total. The number of hydrogen-bond donors (Lipinski definition) is 1. The molecule has 1 atom stereocenters. The molecule has 6 heteroatoms. The Bertz CT molecular complexity index is 739. The first-order valence-electron chi connectivity index (χ1n) is 9.15. The van der Waals surface area contributed by atoms with E-state index in [1.807, 2.05) is 31.4 Å². The van der Waals surface area contributed by atoms with Crippen LogP contribution in [0.15, 0.2) is 23.6 Å². The summed E-state index contributed by atoms with van der Waals surface area (Å²) in [6, 6.07) is 5.94. The first kappa shape index (κ1) is 18.9. The Hall–Kier alpha value is -1.92. The Morgan fingerprint density at radius 3 is 2.85 bits per heavy atom. The summed E-state index contributed by atoms with van der Waals surface area (Å²) in [7, 11) is 0. The van der Waals surface area contributed by atoms with Crippen molar-refractivity contribution in [3.63, 3.8) is 0 Å². The molecule has 1 aromatic carbocycles. The summed E-state index contributed by atoms with van der Waals surface area (Å²) < 4.78 is 5.60. The van der Waals surface area contributed by atoms with E-state index >= 15 is 0 Å². The van der Waals surface area contributed by atoms with Crippen molar-refractivity contribution in [3.8, 4) is 5.75 Å². The smallest absolute Gasteiger partial charge is 0.264 e. The van der Waals surface area contributed by atoms with E-state index in [-0.39, 0.29) is 12.5 Å². The lowest BCUT2D eigenvalue weighted by Crippen LogP contribution is -2.33. The van der Waals surface area contributed by atoms with Crippen LogP contribution >= 0.6 is 11.3 Å². The number of nitrogens with one attached hydrogen (secondary N) is 1. The summed E-state index contributed by atoms with van der Waals surface area (Å²) in [4.78, 5) is 19.1. The fraction of sp³-hybridized carbons (Fsp3) is 0.500. The van der Waals surface area contributed by atoms with Crippen molar-refractivity contribution in [3.05, 3.63) is 40.4 Å². The van der Waals surface area contributed by atoms with Crippen LogP contribution in [0.25, 0.3) is 0 Å². The summed E-state index contributed by atoms with van der Waals surface area (Å²) in [5, 5.41) is 5.50. The number of aryl methyl sites for hydroxylation is 2. The summed E-state index contributed by atoms with van der Waals surface area (Å²) in [6.45, 7) is 9.43. The normalized spacial score (nSPS) is 17.9. The van der Waals surface area contributed by atoms with E-state index in [1.165, 1.54) is 24.2 Å². The minimum atomic E-state index is -0.184. The lowest BCUT2D eigenvalue weighted by Gasteiger charge is -2.30. The first-order chi connectivity index (χ1) is 12.5. The number of carbonyl (C=O) groups is 1. The zero-order chi connectivity index (χ0) is 18.5. The van der Waals surface area contributed by atoms with Gasteiger partial charge in [-0.15, -0.1) is 11.3 Å². The Morgan fingerprint density at radius 1 is 1.35 bits per heavy atom. The van der Waals surface area contributed by atoms with Crippen LogP contribution in [0.2, 0.25) is 0 Å². The van der Waals surface area contributed by atoms with Gasteiger partial charge >= 0.3 is 0 Å². The van der Waals surface area contributed by atoms with Crippen LogP contribution in [0.4, 0.5) is 5.13 Å². The molecule has 1 fully saturated rings. The van der Waals surface area contributed by atoms with Crippen molar-refractivity contribution in [1.29, 1.82) is 0 Å². The molecule has 1 unspecified atom stereocenters. The number of nitrogens with zero attached hydrogens (tertiary/aromatic N) is 2. The third-order valence-electron chi connectivity index (χ3n) is 4.49. The number of rotatable bonds is 6. The number of piperidine rings is 1. The van der Waals surface area contributed by atoms with E-state index in [0.717, 1.165) is 48.1 Å². The topological polar surface area (TPSA) is 54.5 Å². The van der Waals surface area contributed by atoms with E-state index in [9.17, 15) is 4.79 Å². The van der Waals surface area contributed by atoms with Crippen molar-refractivity contribution >= 4 is 22.4 Å². The standard InChI is InChI=1S/C20H27N3O2S/c1-14-5-4-6-23(10-14)11-17-13-26-20(21-17)22-19(24)12-25-18-8-15(2)7-16(3)9-18/h7-9,13-14H,4-6,10-12H2,1-3H3,(H,21,22,24). The van der Waals surface area contributed by atoms with E-state index in [1.54, 1.807) is 0 Å². The molecule has 2 heterocycles. The molecular formula is C20H27N3O2S. The predicted octanol–water partition coefficient (Wildman–Crippen LogP) is 4.01. The third-order valence-corrected chi connectivity index (χ3v) is 5.30. The van der Waals surface area contributed by atoms with Gasteiger partial charge in [-0.25, -0.2) is 4.98 Å². The van der Waals surface area contributed by atoms with Crippen LogP contribution in [-0.2, 0) is 11.3 Å². The van der Waals surface area contributed by atoms with Crippen molar-refractivity contribution in [2.75, 3.05) is 25.0 Å². The highest BCUT2D eigenvalue weighted by Crippen LogP contribution is 2.21. The quantitative estimate of drug-likeness (QED) is 0.831. The van der Waals surface area contributed by atoms with Gasteiger partial charge in [0, 0.05) is 18.5 Å². The number of aromatic nitrogens is 1. The van der Waals surface area contributed by atoms with Crippen molar-refractivity contribution in [2.24, 2.45) is 5.92 Å². The molecule has 2 aromatic rings. The highest BCUT2D eigenvalue weighted by atomic mass is 32.1. The summed E-state index contributed by atoms with van der Waals surface area (Å²) >= 11 is 1.47. The first-order valence-corrected chi connectivity index (χ1v) is 10.0. The highest BCUT2D eigenvalue weighted by Gasteiger charge is 2.17. The SMILES string of the molecule is Cc1cc(C)cc(OCC(=O)Nc2nc(CN3CCCC(C)C3)cs2)c1. The van der Waals surface area contributed by atoms with E-state index in [0.29, 0.717) is 5.13 Å². The number of hydrogen-bond acceptors (Lipinski definition) is 5. The molecule has 140 valence electrons. The van der Waals surface area contributed by atoms with Crippen LogP contribution < -0.4 is 10.1 Å². The average molecular weight is 374 g/mol. The number of ether oxygens (including phenoxy) is 1. The third kappa shape index (κ3) is 5.54. The van der Waals surface area contributed by atoms with Gasteiger partial charge in [-0.05, 0) is 62.4 Å². The Balaban J connectivity index is 1.48. The Morgan fingerprint density at radius 2 is 2.12 bits per heavy atom. The molecule has 1 aromatic heterocycles. The maximum atomic E-state index is 12.1. The fourth-order valence-electron chi connectivity index (χ4n) is 3.42. The summed E-state index contributed by atoms with van der Waals surface area (Å²) in [5.74, 6) is 1.29. The number of anilines is 1. The number of likely N-dealkylation sites (tertiary alicyclic amines) is 1. The molecule has 0 bridgehead atoms. The molecule has 0 radical (unpaired) electrons. The molecule has 0 spiro atoms. The van der Waals surface area contributed by atoms with Crippen molar-refractivity contribution in [2.45, 2.75) is 40.2 Å². The maximum Gasteiger partial charge on any atom is 0.264 e. The molecule has 1 N–H and O–H groups in total. The van der Waals surface area contributed by atoms with Crippen LogP contribution in [0.1, 0.15) is 36.6 Å². The molecule has 0 aliphatic carbocycles. The number of thiazole rings is 1. The van der Waals surface area contributed by atoms with Crippen molar-refractivity contribution < 1.29 is 9.53 Å². The Labute approximate surface area is 159 Å². The lowest BCUT2D eigenvalue weighted by atomic mass is 10.0. The largest absolute Gasteiger partial charge is 0.484 e. The molecule has 0 saturated carbocycles. The highest BCUT2D eigenvalue weighted by molar-refractivity contribution is 7.13. The monoisotopic (exact) mass is 373 g/mol. The summed E-state index contributed by atoms with van der Waals surface area (Å²) in [6.07, 6.45) is 2.57. The molecule has 1 saturated heterocycles. The minimum Gasteiger partial charge on any atom is -0.484 e. The molecule has 1 aliphatic heterocycles. The predicted molar refractivity (Wildman–Crippen MR) is 106 cm³/mol. The molecule has 1 aliphatic rings. The summed E-state index contributed by atoms with van der Waals surface area (Å²) in [5.41, 5.74) is 3.27. The van der Waals surface area contributed by atoms with Crippen LogP contribution in [-0.4, -0.2) is 35.5 Å². The van der Waals surface area contributed by atoms with Crippen LogP contribution in [0, 0.1) is 19.8 Å². The molecule has 3 rings (SSSR count). The average Bonchev–Trinajstić information content (AvgIpc) is 2.99. The fourth-order valence-corrected chi connectivity index (χ4v) is 4.13. The molecule has 26 heavy (non-hydrogen) atoms. The van der Waals surface area contributed by atoms with Gasteiger partial charge in [-0.1, -0.05) is 13.0 Å². The second-order valence-electron chi connectivity index (χ2n) is 7.29. The van der Waals surface area contributed by atoms with Gasteiger partial charge < -0.3 is 4.74 Å². The van der Waals surface area contributed by atoms with E-state index in [2.05, 4.69) is 28.2 Å². The van der Waals surface area contributed by atoms with Gasteiger partial charge in [0.05, 0.1) is 5.69 Å². The number of amides is 1. The van der Waals surface area contributed by atoms with Gasteiger partial charge in [0.25, 0.3) is 5.91 Å². The second kappa shape index (κ2) is 8.64. The van der Waals surface area contributed by atoms with Gasteiger partial charge in [0.15, 0.2) is 11.7 Å². The van der Waals surface area contributed by atoms with E-state index in [4.69, 9.17) is 4.74 Å². The number of carbonyl (C=O) groups excluding carboxylic acids is 1. The van der Waals surface area contributed by atoms with Gasteiger partial charge in [-0.3, -0.25) is 15.0 Å². The van der Waals surface area contributed by atoms with Crippen molar-refractivity contribution in [1.82, 2.24) is 9.88 Å². The van der Waals surface area contributed by atoms with Gasteiger partial charge in [-0.2, -0.15) is 0 Å². The zero-order valence-electron chi connectivity index (χ0n) is 15.7. The molecule has 1 amide bonds. The van der Waals surface area contributed by atoms with Gasteiger partial charge in [0.1, 0.15) is 5.75 Å². The lowest BCUT2D eigenvalue weighted by molar-refractivity contribution is -0.118. The second-order valence-corrected chi connectivity index (χ2v) is 8.14. The van der Waals surface area contributed by atoms with Crippen LogP contribution in [0.5, 0.6) is 5.75 Å².